The van der Waals surface area contributed by atoms with Gasteiger partial charge >= 0.3 is 5.97 Å². The molecule has 0 saturated carbocycles. The van der Waals surface area contributed by atoms with Crippen LogP contribution in [-0.4, -0.2) is 33.5 Å². The standard InChI is InChI=1S/C26H42O6/c1-14(2)10-12-17-21(29)19(20(28)16(5)6)23(30)26(17,18(27)13-11-15(3)4)22(24(31)32)25(7,8)9/h14-17,22,30H,10-13H2,1-9H3,(H,31,32)/t17-,22?,26-/m0/s1. The van der Waals surface area contributed by atoms with Gasteiger partial charge in [0.05, 0.1) is 11.5 Å². The van der Waals surface area contributed by atoms with Crippen LogP contribution < -0.4 is 0 Å². The molecule has 0 aromatic heterocycles. The summed E-state index contributed by atoms with van der Waals surface area (Å²) < 4.78 is 0. The molecule has 0 saturated heterocycles. The first-order chi connectivity index (χ1) is 14.5. The van der Waals surface area contributed by atoms with Crippen LogP contribution in [0, 0.1) is 40.4 Å². The van der Waals surface area contributed by atoms with E-state index in [0.717, 1.165) is 0 Å². The van der Waals surface area contributed by atoms with Crippen molar-refractivity contribution in [2.24, 2.45) is 40.4 Å². The fourth-order valence-electron chi connectivity index (χ4n) is 4.96. The third kappa shape index (κ3) is 5.32. The minimum atomic E-state index is -1.94. The van der Waals surface area contributed by atoms with Crippen molar-refractivity contribution in [1.29, 1.82) is 0 Å². The molecule has 3 atom stereocenters. The van der Waals surface area contributed by atoms with Gasteiger partial charge in [-0.2, -0.15) is 0 Å². The Balaban J connectivity index is 3.98. The lowest BCUT2D eigenvalue weighted by atomic mass is 9.55. The van der Waals surface area contributed by atoms with Gasteiger partial charge in [-0.15, -0.1) is 0 Å². The molecule has 32 heavy (non-hydrogen) atoms. The van der Waals surface area contributed by atoms with E-state index in [9.17, 15) is 29.4 Å². The van der Waals surface area contributed by atoms with Crippen molar-refractivity contribution < 1.29 is 29.4 Å². The van der Waals surface area contributed by atoms with Gasteiger partial charge < -0.3 is 10.2 Å². The Morgan fingerprint density at radius 2 is 1.47 bits per heavy atom. The van der Waals surface area contributed by atoms with E-state index < -0.39 is 57.7 Å². The molecule has 2 N–H and O–H groups in total. The summed E-state index contributed by atoms with van der Waals surface area (Å²) in [5, 5.41) is 21.8. The Morgan fingerprint density at radius 1 is 0.969 bits per heavy atom. The van der Waals surface area contributed by atoms with Crippen molar-refractivity contribution in [2.45, 2.75) is 88.0 Å². The number of carboxylic acids is 1. The van der Waals surface area contributed by atoms with E-state index in [1.54, 1.807) is 34.6 Å². The third-order valence-electron chi connectivity index (χ3n) is 6.52. The van der Waals surface area contributed by atoms with Crippen molar-refractivity contribution in [2.75, 3.05) is 0 Å². The van der Waals surface area contributed by atoms with Crippen molar-refractivity contribution in [3.63, 3.8) is 0 Å². The summed E-state index contributed by atoms with van der Waals surface area (Å²) in [4.78, 5) is 53.1. The second-order valence-electron chi connectivity index (χ2n) is 11.5. The van der Waals surface area contributed by atoms with Gasteiger partial charge in [0.25, 0.3) is 0 Å². The van der Waals surface area contributed by atoms with Gasteiger partial charge in [0.15, 0.2) is 11.6 Å². The van der Waals surface area contributed by atoms with Gasteiger partial charge in [-0.05, 0) is 30.1 Å². The normalized spacial score (nSPS) is 22.9. The first-order valence-electron chi connectivity index (χ1n) is 11.8. The van der Waals surface area contributed by atoms with Crippen molar-refractivity contribution >= 4 is 23.3 Å². The average molecular weight is 451 g/mol. The lowest BCUT2D eigenvalue weighted by Crippen LogP contribution is -2.53. The van der Waals surface area contributed by atoms with Crippen molar-refractivity contribution in [3.8, 4) is 0 Å². The van der Waals surface area contributed by atoms with Crippen LogP contribution in [0.4, 0.5) is 0 Å². The fraction of sp³-hybridized carbons (Fsp3) is 0.769. The van der Waals surface area contributed by atoms with Crippen LogP contribution in [0.15, 0.2) is 11.3 Å². The number of rotatable bonds is 11. The Labute approximate surface area is 192 Å². The third-order valence-corrected chi connectivity index (χ3v) is 6.52. The fourth-order valence-corrected chi connectivity index (χ4v) is 4.96. The second-order valence-corrected chi connectivity index (χ2v) is 11.5. The summed E-state index contributed by atoms with van der Waals surface area (Å²) in [6.45, 7) is 16.2. The van der Waals surface area contributed by atoms with Gasteiger partial charge in [0.1, 0.15) is 17.0 Å². The number of carbonyl (C=O) groups is 4. The molecule has 0 fully saturated rings. The zero-order valence-electron chi connectivity index (χ0n) is 21.2. The maximum absolute atomic E-state index is 13.9. The zero-order chi connectivity index (χ0) is 25.2. The zero-order valence-corrected chi connectivity index (χ0v) is 21.2. The van der Waals surface area contributed by atoms with Gasteiger partial charge in [0.2, 0.25) is 0 Å². The molecule has 0 aliphatic heterocycles. The Kier molecular flexibility index (Phi) is 9.03. The van der Waals surface area contributed by atoms with Crippen LogP contribution >= 0.6 is 0 Å². The number of hydrogen-bond acceptors (Lipinski definition) is 5. The number of aliphatic hydroxyl groups excluding tert-OH is 1. The number of hydrogen-bond donors (Lipinski definition) is 2. The maximum Gasteiger partial charge on any atom is 0.308 e. The minimum Gasteiger partial charge on any atom is -0.510 e. The average Bonchev–Trinajstić information content (AvgIpc) is 2.83. The smallest absolute Gasteiger partial charge is 0.308 e. The molecular formula is C26H42O6. The molecule has 0 radical (unpaired) electrons. The molecule has 0 aromatic carbocycles. The van der Waals surface area contributed by atoms with Gasteiger partial charge in [-0.25, -0.2) is 0 Å². The lowest BCUT2D eigenvalue weighted by Gasteiger charge is -2.44. The van der Waals surface area contributed by atoms with Gasteiger partial charge in [-0.1, -0.05) is 68.7 Å². The molecule has 6 nitrogen and oxygen atoms in total. The monoisotopic (exact) mass is 450 g/mol. The highest BCUT2D eigenvalue weighted by Gasteiger charge is 2.67. The van der Waals surface area contributed by atoms with E-state index in [1.807, 2.05) is 27.7 Å². The largest absolute Gasteiger partial charge is 0.510 e. The number of allylic oxidation sites excluding steroid dienone is 2. The maximum atomic E-state index is 13.9. The van der Waals surface area contributed by atoms with Gasteiger partial charge in [0, 0.05) is 18.3 Å². The van der Waals surface area contributed by atoms with Crippen LogP contribution in [0.1, 0.15) is 88.0 Å². The van der Waals surface area contributed by atoms with Crippen LogP contribution in [-0.2, 0) is 19.2 Å². The SMILES string of the molecule is CC(C)CCC(=O)[C@@]1(C(C(=O)O)C(C)(C)C)C(O)=C(C(=O)C(C)C)C(=O)[C@@H]1CCC(C)C. The van der Waals surface area contributed by atoms with E-state index in [2.05, 4.69) is 0 Å². The number of carboxylic acid groups (broad SMARTS) is 1. The molecule has 0 heterocycles. The molecular weight excluding hydrogens is 408 g/mol. The summed E-state index contributed by atoms with van der Waals surface area (Å²) in [6.07, 6.45) is 1.35. The highest BCUT2D eigenvalue weighted by atomic mass is 16.4. The summed E-state index contributed by atoms with van der Waals surface area (Å²) in [5.74, 6) is -6.06. The van der Waals surface area contributed by atoms with Crippen molar-refractivity contribution in [3.05, 3.63) is 11.3 Å². The molecule has 0 aromatic rings. The Bertz CT molecular complexity index is 781. The second kappa shape index (κ2) is 10.3. The van der Waals surface area contributed by atoms with Crippen LogP contribution in [0.5, 0.6) is 0 Å². The molecule has 1 rings (SSSR count). The highest BCUT2D eigenvalue weighted by molar-refractivity contribution is 6.26. The molecule has 1 unspecified atom stereocenters. The summed E-state index contributed by atoms with van der Waals surface area (Å²) in [6, 6.07) is 0. The van der Waals surface area contributed by atoms with E-state index >= 15 is 0 Å². The molecule has 1 aliphatic rings. The summed E-state index contributed by atoms with van der Waals surface area (Å²) >= 11 is 0. The Hall–Kier alpha value is -1.98. The van der Waals surface area contributed by atoms with Crippen LogP contribution in [0.3, 0.4) is 0 Å². The molecule has 0 bridgehead atoms. The van der Waals surface area contributed by atoms with Crippen LogP contribution in [0.2, 0.25) is 0 Å². The first kappa shape index (κ1) is 28.1. The first-order valence-corrected chi connectivity index (χ1v) is 11.8. The van der Waals surface area contributed by atoms with E-state index in [-0.39, 0.29) is 30.3 Å². The number of Topliss-reactive ketones (excluding diaryl/α,β-unsaturated/α-hetero) is 3. The quantitative estimate of drug-likeness (QED) is 0.408. The van der Waals surface area contributed by atoms with E-state index in [0.29, 0.717) is 12.8 Å². The molecule has 6 heteroatoms. The summed E-state index contributed by atoms with van der Waals surface area (Å²) in [7, 11) is 0. The number of aliphatic carboxylic acids is 1. The Morgan fingerprint density at radius 3 is 1.84 bits per heavy atom. The lowest BCUT2D eigenvalue weighted by molar-refractivity contribution is -0.163. The molecule has 0 amide bonds. The molecule has 182 valence electrons. The van der Waals surface area contributed by atoms with E-state index in [1.165, 1.54) is 0 Å². The predicted molar refractivity (Wildman–Crippen MR) is 124 cm³/mol. The highest BCUT2D eigenvalue weighted by Crippen LogP contribution is 2.58. The van der Waals surface area contributed by atoms with E-state index in [4.69, 9.17) is 0 Å². The number of carbonyl (C=O) groups excluding carboxylic acids is 3. The van der Waals surface area contributed by atoms with Crippen LogP contribution in [0.25, 0.3) is 0 Å². The molecule has 0 spiro atoms. The predicted octanol–water partition coefficient (Wildman–Crippen LogP) is 5.40. The summed E-state index contributed by atoms with van der Waals surface area (Å²) in [5.41, 5.74) is -3.26. The molecule has 1 aliphatic carbocycles. The number of aliphatic hydroxyl groups is 1. The number of ketones is 3. The topological polar surface area (TPSA) is 109 Å². The minimum absolute atomic E-state index is 0.0379. The van der Waals surface area contributed by atoms with Gasteiger partial charge in [-0.3, -0.25) is 19.2 Å². The van der Waals surface area contributed by atoms with Crippen molar-refractivity contribution in [1.82, 2.24) is 0 Å².